The van der Waals surface area contributed by atoms with Gasteiger partial charge in [0.15, 0.2) is 11.6 Å². The maximum absolute atomic E-state index is 12.3. The molecule has 0 atom stereocenters. The molecule has 4 aromatic carbocycles. The molecule has 0 radical (unpaired) electrons. The summed E-state index contributed by atoms with van der Waals surface area (Å²) in [4.78, 5) is 37.1. The molecule has 4 rings (SSSR count). The number of hydrogen-bond donors (Lipinski definition) is 1. The van der Waals surface area contributed by atoms with Crippen LogP contribution in [0.15, 0.2) is 114 Å². The van der Waals surface area contributed by atoms with E-state index in [9.17, 15) is 14.4 Å². The van der Waals surface area contributed by atoms with Crippen molar-refractivity contribution in [1.29, 1.82) is 0 Å². The van der Waals surface area contributed by atoms with E-state index in [4.69, 9.17) is 5.11 Å². The Bertz CT molecular complexity index is 1290. The lowest BCUT2D eigenvalue weighted by molar-refractivity contribution is 0.0597. The number of aliphatic hydroxyl groups is 1. The topological polar surface area (TPSA) is 80.7 Å². The molecule has 0 aliphatic carbocycles. The van der Waals surface area contributed by atoms with Crippen molar-refractivity contribution in [2.45, 2.75) is 4.90 Å². The molecule has 0 spiro atoms. The average molecular weight is 499 g/mol. The van der Waals surface area contributed by atoms with Crippen LogP contribution in [0.1, 0.15) is 42.2 Å². The van der Waals surface area contributed by atoms with Crippen LogP contribution in [0.4, 0.5) is 0 Å². The van der Waals surface area contributed by atoms with E-state index >= 15 is 0 Å². The maximum Gasteiger partial charge on any atom is 0.338 e. The summed E-state index contributed by atoms with van der Waals surface area (Å²) < 4.78 is 4.67. The number of methoxy groups -OCH3 is 1. The van der Waals surface area contributed by atoms with Crippen molar-refractivity contribution < 1.29 is 24.2 Å². The van der Waals surface area contributed by atoms with Gasteiger partial charge in [0, 0.05) is 32.9 Å². The Morgan fingerprint density at radius 1 is 0.639 bits per heavy atom. The van der Waals surface area contributed by atoms with Gasteiger partial charge in [0.25, 0.3) is 0 Å². The summed E-state index contributed by atoms with van der Waals surface area (Å²) in [6, 6.07) is 32.2. The van der Waals surface area contributed by atoms with Crippen LogP contribution >= 0.6 is 11.8 Å². The second kappa shape index (κ2) is 13.8. The quantitative estimate of drug-likeness (QED) is 0.191. The van der Waals surface area contributed by atoms with Gasteiger partial charge < -0.3 is 9.84 Å². The molecule has 0 saturated carbocycles. The summed E-state index contributed by atoms with van der Waals surface area (Å²) in [6.07, 6.45) is 0. The van der Waals surface area contributed by atoms with Gasteiger partial charge in [-0.1, -0.05) is 78.9 Å². The average Bonchev–Trinajstić information content (AvgIpc) is 2.96. The number of carbonyl (C=O) groups excluding carboxylic acids is 3. The Morgan fingerprint density at radius 2 is 1.11 bits per heavy atom. The Hall–Kier alpha value is -4.00. The summed E-state index contributed by atoms with van der Waals surface area (Å²) >= 11 is 1.58. The lowest BCUT2D eigenvalue weighted by atomic mass is 9.98. The number of ketones is 2. The first-order valence-electron chi connectivity index (χ1n) is 11.3. The van der Waals surface area contributed by atoms with Crippen molar-refractivity contribution in [3.05, 3.63) is 137 Å². The molecule has 36 heavy (non-hydrogen) atoms. The molecule has 0 aromatic heterocycles. The van der Waals surface area contributed by atoms with Crippen molar-refractivity contribution in [3.8, 4) is 0 Å². The molecule has 4 aromatic rings. The first-order chi connectivity index (χ1) is 17.5. The highest BCUT2D eigenvalue weighted by Gasteiger charge is 2.17. The summed E-state index contributed by atoms with van der Waals surface area (Å²) in [7, 11) is 1.30. The van der Waals surface area contributed by atoms with Crippen LogP contribution in [0.5, 0.6) is 0 Å². The van der Waals surface area contributed by atoms with Crippen molar-refractivity contribution in [1.82, 2.24) is 0 Å². The fourth-order valence-electron chi connectivity index (χ4n) is 3.34. The monoisotopic (exact) mass is 498 g/mol. The molecule has 0 aliphatic heterocycles. The van der Waals surface area contributed by atoms with Crippen molar-refractivity contribution in [2.24, 2.45) is 0 Å². The maximum atomic E-state index is 12.3. The number of carbonyl (C=O) groups is 3. The van der Waals surface area contributed by atoms with Crippen LogP contribution in [-0.2, 0) is 4.74 Å². The Morgan fingerprint density at radius 3 is 1.64 bits per heavy atom. The van der Waals surface area contributed by atoms with Gasteiger partial charge in [0.2, 0.25) is 0 Å². The highest BCUT2D eigenvalue weighted by molar-refractivity contribution is 7.99. The number of ether oxygens (including phenoxy) is 1. The first-order valence-corrected chi connectivity index (χ1v) is 12.2. The van der Waals surface area contributed by atoms with Crippen LogP contribution in [0.3, 0.4) is 0 Å². The minimum absolute atomic E-state index is 0.0364. The van der Waals surface area contributed by atoms with E-state index in [1.165, 1.54) is 7.11 Å². The molecule has 182 valence electrons. The molecule has 1 N–H and O–H groups in total. The van der Waals surface area contributed by atoms with Gasteiger partial charge in [0.1, 0.15) is 0 Å². The largest absolute Gasteiger partial charge is 0.465 e. The van der Waals surface area contributed by atoms with Crippen molar-refractivity contribution >= 4 is 29.3 Å². The van der Waals surface area contributed by atoms with Gasteiger partial charge in [-0.2, -0.15) is 0 Å². The van der Waals surface area contributed by atoms with Crippen LogP contribution in [0, 0.1) is 0 Å². The number of hydrogen-bond acceptors (Lipinski definition) is 6. The minimum Gasteiger partial charge on any atom is -0.465 e. The van der Waals surface area contributed by atoms with E-state index in [-0.39, 0.29) is 23.7 Å². The van der Waals surface area contributed by atoms with Crippen molar-refractivity contribution in [3.63, 3.8) is 0 Å². The zero-order valence-corrected chi connectivity index (χ0v) is 20.6. The number of benzene rings is 4. The molecule has 0 bridgehead atoms. The normalized spacial score (nSPS) is 10.1. The lowest BCUT2D eigenvalue weighted by Crippen LogP contribution is -2.11. The number of aliphatic hydroxyl groups excluding tert-OH is 1. The molecular formula is C30H26O5S. The van der Waals surface area contributed by atoms with Gasteiger partial charge in [-0.3, -0.25) is 9.59 Å². The van der Waals surface area contributed by atoms with Gasteiger partial charge in [0.05, 0.1) is 19.3 Å². The van der Waals surface area contributed by atoms with Gasteiger partial charge in [-0.05, 0) is 30.3 Å². The van der Waals surface area contributed by atoms with Crippen LogP contribution in [0.25, 0.3) is 0 Å². The number of thioether (sulfide) groups is 1. The zero-order chi connectivity index (χ0) is 25.8. The first kappa shape index (κ1) is 26.6. The molecule has 0 saturated heterocycles. The summed E-state index contributed by atoms with van der Waals surface area (Å²) in [6.45, 7) is 0.162. The summed E-state index contributed by atoms with van der Waals surface area (Å²) in [5, 5.41) is 8.74. The molecule has 0 amide bonds. The van der Waals surface area contributed by atoms with Gasteiger partial charge in [-0.15, -0.1) is 11.8 Å². The second-order valence-corrected chi connectivity index (χ2v) is 8.69. The van der Waals surface area contributed by atoms with E-state index in [1.807, 2.05) is 60.7 Å². The number of rotatable bonds is 8. The van der Waals surface area contributed by atoms with Crippen LogP contribution in [0.2, 0.25) is 0 Å². The van der Waals surface area contributed by atoms with Crippen LogP contribution in [-0.4, -0.2) is 42.1 Å². The highest BCUT2D eigenvalue weighted by atomic mass is 32.2. The summed E-state index contributed by atoms with van der Waals surface area (Å²) in [5.74, 6) is 0.0206. The third-order valence-corrected chi connectivity index (χ3v) is 6.12. The van der Waals surface area contributed by atoms with Crippen LogP contribution < -0.4 is 0 Å². The summed E-state index contributed by atoms with van der Waals surface area (Å²) in [5.41, 5.74) is 2.58. The third kappa shape index (κ3) is 7.25. The molecule has 0 fully saturated rings. The predicted octanol–water partition coefficient (Wildman–Crippen LogP) is 5.71. The molecular weight excluding hydrogens is 472 g/mol. The third-order valence-electron chi connectivity index (χ3n) is 5.13. The Kier molecular flexibility index (Phi) is 10.2. The zero-order valence-electron chi connectivity index (χ0n) is 19.8. The smallest absolute Gasteiger partial charge is 0.338 e. The predicted molar refractivity (Wildman–Crippen MR) is 142 cm³/mol. The number of esters is 1. The Balaban J connectivity index is 0.000000201. The standard InChI is InChI=1S/C15H12O3.C15H14O2S/c1-18-15(17)13-10-6-5-9-12(13)14(16)11-7-3-2-4-8-11;16-10-11-18-14-8-6-13(7-9-14)15(17)12-4-2-1-3-5-12/h2-10H,1H3;1-9,16H,10-11H2. The highest BCUT2D eigenvalue weighted by Crippen LogP contribution is 2.19. The van der Waals surface area contributed by atoms with Gasteiger partial charge >= 0.3 is 5.97 Å². The molecule has 0 unspecified atom stereocenters. The molecule has 0 heterocycles. The Labute approximate surface area is 214 Å². The van der Waals surface area contributed by atoms with Gasteiger partial charge in [-0.25, -0.2) is 4.79 Å². The molecule has 6 heteroatoms. The van der Waals surface area contributed by atoms with E-state index < -0.39 is 5.97 Å². The molecule has 5 nitrogen and oxygen atoms in total. The van der Waals surface area contributed by atoms with E-state index in [2.05, 4.69) is 4.74 Å². The second-order valence-electron chi connectivity index (χ2n) is 7.52. The van der Waals surface area contributed by atoms with E-state index in [0.29, 0.717) is 28.0 Å². The fraction of sp³-hybridized carbons (Fsp3) is 0.100. The van der Waals surface area contributed by atoms with E-state index in [0.717, 1.165) is 4.90 Å². The molecule has 0 aliphatic rings. The lowest BCUT2D eigenvalue weighted by Gasteiger charge is -2.06. The SMILES string of the molecule is COC(=O)c1ccccc1C(=O)c1ccccc1.O=C(c1ccccc1)c1ccc(SCCO)cc1. The van der Waals surface area contributed by atoms with E-state index in [1.54, 1.807) is 60.3 Å². The minimum atomic E-state index is -0.505. The van der Waals surface area contributed by atoms with Crippen molar-refractivity contribution in [2.75, 3.05) is 19.5 Å². The fourth-order valence-corrected chi connectivity index (χ4v) is 3.99.